The van der Waals surface area contributed by atoms with E-state index < -0.39 is 0 Å². The zero-order valence-electron chi connectivity index (χ0n) is 16.2. The fourth-order valence-corrected chi connectivity index (χ4v) is 3.05. The number of carbonyl (C=O) groups is 1. The van der Waals surface area contributed by atoms with Crippen LogP contribution in [0.4, 0.5) is 5.82 Å². The van der Waals surface area contributed by atoms with Gasteiger partial charge in [-0.25, -0.2) is 4.98 Å². The molecule has 144 valence electrons. The Bertz CT molecular complexity index is 1010. The summed E-state index contributed by atoms with van der Waals surface area (Å²) in [6, 6.07) is 15.1. The molecule has 6 nitrogen and oxygen atoms in total. The molecule has 2 heterocycles. The van der Waals surface area contributed by atoms with Gasteiger partial charge in [-0.05, 0) is 62.2 Å². The summed E-state index contributed by atoms with van der Waals surface area (Å²) >= 11 is 0. The molecule has 1 amide bonds. The van der Waals surface area contributed by atoms with Gasteiger partial charge in [-0.2, -0.15) is 0 Å². The molecule has 0 aliphatic carbocycles. The summed E-state index contributed by atoms with van der Waals surface area (Å²) in [7, 11) is 0. The Balaban J connectivity index is 1.63. The monoisotopic (exact) mass is 376 g/mol. The van der Waals surface area contributed by atoms with Crippen LogP contribution in [0.3, 0.4) is 0 Å². The smallest absolute Gasteiger partial charge is 0.253 e. The van der Waals surface area contributed by atoms with Crippen molar-refractivity contribution in [3.05, 3.63) is 93.0 Å². The van der Waals surface area contributed by atoms with Crippen molar-refractivity contribution in [1.29, 1.82) is 0 Å². The minimum absolute atomic E-state index is 0.0563. The first-order valence-electron chi connectivity index (χ1n) is 9.19. The van der Waals surface area contributed by atoms with Crippen LogP contribution in [-0.2, 0) is 6.54 Å². The molecule has 0 bridgehead atoms. The quantitative estimate of drug-likeness (QED) is 0.615. The molecule has 6 heteroatoms. The van der Waals surface area contributed by atoms with Crippen LogP contribution in [0.5, 0.6) is 0 Å². The van der Waals surface area contributed by atoms with E-state index in [0.29, 0.717) is 11.1 Å². The van der Waals surface area contributed by atoms with Crippen molar-refractivity contribution in [2.24, 2.45) is 0 Å². The van der Waals surface area contributed by atoms with Gasteiger partial charge in [-0.15, -0.1) is 0 Å². The van der Waals surface area contributed by atoms with Gasteiger partial charge in [-0.1, -0.05) is 18.2 Å². The predicted octanol–water partition coefficient (Wildman–Crippen LogP) is 3.49. The van der Waals surface area contributed by atoms with Gasteiger partial charge in [0.15, 0.2) is 0 Å². The zero-order valence-corrected chi connectivity index (χ0v) is 16.2. The summed E-state index contributed by atoms with van der Waals surface area (Å²) in [6.07, 6.45) is 1.74. The third-order valence-corrected chi connectivity index (χ3v) is 4.62. The fraction of sp³-hybridized carbons (Fsp3) is 0.227. The Labute approximate surface area is 164 Å². The number of aryl methyl sites for hydroxylation is 2. The molecule has 1 unspecified atom stereocenters. The molecule has 0 saturated carbocycles. The number of aromatic nitrogens is 2. The molecule has 28 heavy (non-hydrogen) atoms. The van der Waals surface area contributed by atoms with Crippen molar-refractivity contribution in [3.8, 4) is 0 Å². The predicted molar refractivity (Wildman–Crippen MR) is 110 cm³/mol. The lowest BCUT2D eigenvalue weighted by molar-refractivity contribution is 0.0950. The van der Waals surface area contributed by atoms with E-state index in [0.717, 1.165) is 22.6 Å². The summed E-state index contributed by atoms with van der Waals surface area (Å²) in [5.41, 5.74) is 3.68. The number of hydrogen-bond donors (Lipinski definition) is 3. The molecule has 0 aliphatic rings. The number of nitrogens with one attached hydrogen (secondary N) is 3. The Morgan fingerprint density at radius 2 is 1.89 bits per heavy atom. The van der Waals surface area contributed by atoms with Crippen LogP contribution in [0.2, 0.25) is 0 Å². The molecule has 0 radical (unpaired) electrons. The lowest BCUT2D eigenvalue weighted by atomic mass is 10.1. The SMILES string of the molecule is Cc1cc(C)c(CNC(=O)c2ccc(C(C)Nc3ccccn3)cc2)c(=O)[nH]1. The summed E-state index contributed by atoms with van der Waals surface area (Å²) in [5.74, 6) is 0.590. The maximum Gasteiger partial charge on any atom is 0.253 e. The average molecular weight is 376 g/mol. The second-order valence-electron chi connectivity index (χ2n) is 6.83. The largest absolute Gasteiger partial charge is 0.364 e. The lowest BCUT2D eigenvalue weighted by Gasteiger charge is -2.15. The van der Waals surface area contributed by atoms with Crippen molar-refractivity contribution in [3.63, 3.8) is 0 Å². The van der Waals surface area contributed by atoms with Gasteiger partial charge in [0.2, 0.25) is 0 Å². The number of nitrogens with zero attached hydrogens (tertiary/aromatic N) is 1. The van der Waals surface area contributed by atoms with E-state index in [1.807, 2.05) is 57.2 Å². The van der Waals surface area contributed by atoms with Crippen molar-refractivity contribution in [2.75, 3.05) is 5.32 Å². The van der Waals surface area contributed by atoms with Gasteiger partial charge in [-0.3, -0.25) is 9.59 Å². The van der Waals surface area contributed by atoms with E-state index in [1.165, 1.54) is 0 Å². The number of amides is 1. The van der Waals surface area contributed by atoms with Crippen LogP contribution < -0.4 is 16.2 Å². The third kappa shape index (κ3) is 4.65. The molecular weight excluding hydrogens is 352 g/mol. The minimum atomic E-state index is -0.212. The second kappa shape index (κ2) is 8.52. The first kappa shape index (κ1) is 19.4. The van der Waals surface area contributed by atoms with E-state index in [2.05, 4.69) is 20.6 Å². The standard InChI is InChI=1S/C22H24N4O2/c1-14-12-15(2)25-22(28)19(14)13-24-21(27)18-9-7-17(8-10-18)16(3)26-20-6-4-5-11-23-20/h4-12,16H,13H2,1-3H3,(H,23,26)(H,24,27)(H,25,28). The van der Waals surface area contributed by atoms with Gasteiger partial charge in [0, 0.05) is 35.6 Å². The highest BCUT2D eigenvalue weighted by Gasteiger charge is 2.11. The van der Waals surface area contributed by atoms with Crippen LogP contribution in [0.15, 0.2) is 59.5 Å². The number of hydrogen-bond acceptors (Lipinski definition) is 4. The van der Waals surface area contributed by atoms with Crippen LogP contribution in [0.25, 0.3) is 0 Å². The maximum atomic E-state index is 12.4. The second-order valence-corrected chi connectivity index (χ2v) is 6.83. The molecule has 1 atom stereocenters. The molecular formula is C22H24N4O2. The molecule has 0 spiro atoms. The Kier molecular flexibility index (Phi) is 5.89. The van der Waals surface area contributed by atoms with Gasteiger partial charge >= 0.3 is 0 Å². The highest BCUT2D eigenvalue weighted by Crippen LogP contribution is 2.18. The van der Waals surface area contributed by atoms with Crippen molar-refractivity contribution in [2.45, 2.75) is 33.4 Å². The van der Waals surface area contributed by atoms with Crippen LogP contribution >= 0.6 is 0 Å². The summed E-state index contributed by atoms with van der Waals surface area (Å²) in [6.45, 7) is 5.94. The molecule has 1 aromatic carbocycles. The number of aromatic amines is 1. The van der Waals surface area contributed by atoms with Crippen LogP contribution in [0, 0.1) is 13.8 Å². The van der Waals surface area contributed by atoms with E-state index in [9.17, 15) is 9.59 Å². The molecule has 3 aromatic rings. The fourth-order valence-electron chi connectivity index (χ4n) is 3.05. The summed E-state index contributed by atoms with van der Waals surface area (Å²) < 4.78 is 0. The van der Waals surface area contributed by atoms with Crippen molar-refractivity contribution in [1.82, 2.24) is 15.3 Å². The number of H-pyrrole nitrogens is 1. The van der Waals surface area contributed by atoms with E-state index in [4.69, 9.17) is 0 Å². The van der Waals surface area contributed by atoms with Gasteiger partial charge in [0.05, 0.1) is 0 Å². The number of carbonyl (C=O) groups excluding carboxylic acids is 1. The molecule has 0 aliphatic heterocycles. The number of rotatable bonds is 6. The Hall–Kier alpha value is -3.41. The van der Waals surface area contributed by atoms with Crippen molar-refractivity contribution >= 4 is 11.7 Å². The normalized spacial score (nSPS) is 11.7. The number of pyridine rings is 2. The average Bonchev–Trinajstić information content (AvgIpc) is 2.68. The highest BCUT2D eigenvalue weighted by atomic mass is 16.1. The maximum absolute atomic E-state index is 12.4. The van der Waals surface area contributed by atoms with Crippen molar-refractivity contribution < 1.29 is 4.79 Å². The highest BCUT2D eigenvalue weighted by molar-refractivity contribution is 5.94. The van der Waals surface area contributed by atoms with E-state index >= 15 is 0 Å². The first-order valence-corrected chi connectivity index (χ1v) is 9.19. The van der Waals surface area contributed by atoms with Gasteiger partial charge in [0.1, 0.15) is 5.82 Å². The molecule has 3 N–H and O–H groups in total. The van der Waals surface area contributed by atoms with E-state index in [1.54, 1.807) is 18.3 Å². The molecule has 0 saturated heterocycles. The molecule has 2 aromatic heterocycles. The molecule has 3 rings (SSSR count). The summed E-state index contributed by atoms with van der Waals surface area (Å²) in [5, 5.41) is 6.14. The van der Waals surface area contributed by atoms with Gasteiger partial charge < -0.3 is 15.6 Å². The van der Waals surface area contributed by atoms with Crippen LogP contribution in [0.1, 0.15) is 45.7 Å². The summed E-state index contributed by atoms with van der Waals surface area (Å²) in [4.78, 5) is 31.5. The van der Waals surface area contributed by atoms with Crippen LogP contribution in [-0.4, -0.2) is 15.9 Å². The molecule has 0 fully saturated rings. The zero-order chi connectivity index (χ0) is 20.1. The number of anilines is 1. The Morgan fingerprint density at radius 3 is 2.54 bits per heavy atom. The first-order chi connectivity index (χ1) is 13.4. The number of benzene rings is 1. The lowest BCUT2D eigenvalue weighted by Crippen LogP contribution is -2.27. The van der Waals surface area contributed by atoms with E-state index in [-0.39, 0.29) is 24.1 Å². The Morgan fingerprint density at radius 1 is 1.14 bits per heavy atom. The minimum Gasteiger partial charge on any atom is -0.364 e. The topological polar surface area (TPSA) is 86.9 Å². The third-order valence-electron chi connectivity index (χ3n) is 4.62. The van der Waals surface area contributed by atoms with Gasteiger partial charge in [0.25, 0.3) is 11.5 Å².